The molecule has 0 fully saturated rings. The number of aromatic nitrogens is 1. The van der Waals surface area contributed by atoms with Crippen LogP contribution in [-0.2, 0) is 12.4 Å². The molecule has 0 spiro atoms. The fourth-order valence-corrected chi connectivity index (χ4v) is 1.33. The average molecular weight is 257 g/mol. The van der Waals surface area contributed by atoms with Crippen LogP contribution in [-0.4, -0.2) is 4.98 Å². The SMILES string of the molecule is CC(C)c1cnc(C(F)(F)F)cc1C(F)(F)F. The predicted octanol–water partition coefficient (Wildman–Crippen LogP) is 4.24. The molecule has 0 radical (unpaired) electrons. The van der Waals surface area contributed by atoms with Crippen LogP contribution in [0.3, 0.4) is 0 Å². The van der Waals surface area contributed by atoms with Crippen molar-refractivity contribution in [3.63, 3.8) is 0 Å². The van der Waals surface area contributed by atoms with Gasteiger partial charge in [-0.15, -0.1) is 0 Å². The number of rotatable bonds is 1. The molecule has 0 saturated heterocycles. The Labute approximate surface area is 93.5 Å². The maximum Gasteiger partial charge on any atom is 0.433 e. The maximum absolute atomic E-state index is 12.6. The Morgan fingerprint density at radius 2 is 1.53 bits per heavy atom. The fourth-order valence-electron chi connectivity index (χ4n) is 1.33. The topological polar surface area (TPSA) is 12.9 Å². The number of hydrogen-bond acceptors (Lipinski definition) is 1. The lowest BCUT2D eigenvalue weighted by Crippen LogP contribution is -2.15. The van der Waals surface area contributed by atoms with Crippen LogP contribution in [0.1, 0.15) is 36.6 Å². The third-order valence-electron chi connectivity index (χ3n) is 2.15. The van der Waals surface area contributed by atoms with Gasteiger partial charge in [0.1, 0.15) is 5.69 Å². The van der Waals surface area contributed by atoms with Crippen molar-refractivity contribution in [2.75, 3.05) is 0 Å². The lowest BCUT2D eigenvalue weighted by molar-refractivity contribution is -0.145. The van der Waals surface area contributed by atoms with Crippen molar-refractivity contribution in [3.05, 3.63) is 29.1 Å². The molecule has 1 rings (SSSR count). The highest BCUT2D eigenvalue weighted by atomic mass is 19.4. The van der Waals surface area contributed by atoms with E-state index in [1.54, 1.807) is 0 Å². The summed E-state index contributed by atoms with van der Waals surface area (Å²) in [6.45, 7) is 2.92. The van der Waals surface area contributed by atoms with Gasteiger partial charge in [0.15, 0.2) is 0 Å². The van der Waals surface area contributed by atoms with Gasteiger partial charge in [-0.3, -0.25) is 4.98 Å². The number of nitrogens with zero attached hydrogens (tertiary/aromatic N) is 1. The van der Waals surface area contributed by atoms with Crippen LogP contribution >= 0.6 is 0 Å². The molecule has 0 amide bonds. The van der Waals surface area contributed by atoms with Gasteiger partial charge in [-0.1, -0.05) is 13.8 Å². The summed E-state index contributed by atoms with van der Waals surface area (Å²) in [5.74, 6) is -0.554. The first kappa shape index (κ1) is 13.8. The minimum Gasteiger partial charge on any atom is -0.251 e. The van der Waals surface area contributed by atoms with Gasteiger partial charge in [0.2, 0.25) is 0 Å². The van der Waals surface area contributed by atoms with Crippen molar-refractivity contribution in [2.45, 2.75) is 32.1 Å². The summed E-state index contributed by atoms with van der Waals surface area (Å²) in [7, 11) is 0. The van der Waals surface area contributed by atoms with Gasteiger partial charge in [-0.25, -0.2) is 0 Å². The van der Waals surface area contributed by atoms with E-state index in [1.807, 2.05) is 0 Å². The highest BCUT2D eigenvalue weighted by Crippen LogP contribution is 2.38. The van der Waals surface area contributed by atoms with E-state index in [0.29, 0.717) is 6.20 Å². The van der Waals surface area contributed by atoms with E-state index in [-0.39, 0.29) is 11.6 Å². The molecule has 17 heavy (non-hydrogen) atoms. The maximum atomic E-state index is 12.6. The molecule has 0 bridgehead atoms. The molecule has 0 atom stereocenters. The lowest BCUT2D eigenvalue weighted by Gasteiger charge is -2.16. The zero-order valence-electron chi connectivity index (χ0n) is 8.95. The second-order valence-corrected chi connectivity index (χ2v) is 3.81. The minimum atomic E-state index is -4.88. The Hall–Kier alpha value is -1.27. The van der Waals surface area contributed by atoms with Crippen molar-refractivity contribution in [1.82, 2.24) is 4.98 Å². The van der Waals surface area contributed by atoms with Crippen LogP contribution in [0.4, 0.5) is 26.3 Å². The Morgan fingerprint density at radius 1 is 1.00 bits per heavy atom. The normalized spacial score (nSPS) is 13.2. The molecule has 1 aromatic rings. The first-order chi connectivity index (χ1) is 7.53. The van der Waals surface area contributed by atoms with Crippen LogP contribution in [0, 0.1) is 0 Å². The van der Waals surface area contributed by atoms with Crippen LogP contribution in [0.5, 0.6) is 0 Å². The van der Waals surface area contributed by atoms with Gasteiger partial charge < -0.3 is 0 Å². The highest BCUT2D eigenvalue weighted by Gasteiger charge is 2.39. The molecule has 7 heteroatoms. The predicted molar refractivity (Wildman–Crippen MR) is 48.3 cm³/mol. The van der Waals surface area contributed by atoms with E-state index in [0.717, 1.165) is 0 Å². The van der Waals surface area contributed by atoms with Gasteiger partial charge in [0.05, 0.1) is 5.56 Å². The fraction of sp³-hybridized carbons (Fsp3) is 0.500. The van der Waals surface area contributed by atoms with Crippen molar-refractivity contribution in [2.24, 2.45) is 0 Å². The molecular weight excluding hydrogens is 248 g/mol. The number of alkyl halides is 6. The Balaban J connectivity index is 3.41. The third kappa shape index (κ3) is 3.10. The molecule has 1 heterocycles. The van der Waals surface area contributed by atoms with E-state index in [1.165, 1.54) is 13.8 Å². The quantitative estimate of drug-likeness (QED) is 0.685. The molecule has 1 aromatic heterocycles. The number of hydrogen-bond donors (Lipinski definition) is 0. The molecule has 0 aromatic carbocycles. The van der Waals surface area contributed by atoms with Crippen LogP contribution < -0.4 is 0 Å². The molecule has 0 aliphatic heterocycles. The van der Waals surface area contributed by atoms with Crippen LogP contribution in [0.25, 0.3) is 0 Å². The van der Waals surface area contributed by atoms with Gasteiger partial charge >= 0.3 is 12.4 Å². The molecule has 0 aliphatic carbocycles. The summed E-state index contributed by atoms with van der Waals surface area (Å²) < 4.78 is 74.5. The van der Waals surface area contributed by atoms with E-state index in [2.05, 4.69) is 4.98 Å². The zero-order chi connectivity index (χ0) is 13.4. The van der Waals surface area contributed by atoms with E-state index >= 15 is 0 Å². The van der Waals surface area contributed by atoms with Gasteiger partial charge in [-0.2, -0.15) is 26.3 Å². The van der Waals surface area contributed by atoms with E-state index < -0.39 is 29.5 Å². The molecule has 0 N–H and O–H groups in total. The Kier molecular flexibility index (Phi) is 3.40. The first-order valence-corrected chi connectivity index (χ1v) is 4.68. The summed E-state index contributed by atoms with van der Waals surface area (Å²) >= 11 is 0. The van der Waals surface area contributed by atoms with Gasteiger partial charge in [0.25, 0.3) is 0 Å². The molecule has 0 saturated carbocycles. The first-order valence-electron chi connectivity index (χ1n) is 4.68. The summed E-state index contributed by atoms with van der Waals surface area (Å²) in [4.78, 5) is 3.02. The van der Waals surface area contributed by atoms with Crippen molar-refractivity contribution < 1.29 is 26.3 Å². The second kappa shape index (κ2) is 4.19. The molecular formula is C10H9F6N. The monoisotopic (exact) mass is 257 g/mol. The molecule has 0 aliphatic rings. The van der Waals surface area contributed by atoms with Crippen LogP contribution in [0.2, 0.25) is 0 Å². The van der Waals surface area contributed by atoms with Gasteiger partial charge in [0, 0.05) is 6.20 Å². The highest BCUT2D eigenvalue weighted by molar-refractivity contribution is 5.32. The summed E-state index contributed by atoms with van der Waals surface area (Å²) in [6.07, 6.45) is -9.06. The lowest BCUT2D eigenvalue weighted by atomic mass is 9.98. The van der Waals surface area contributed by atoms with Crippen molar-refractivity contribution in [1.29, 1.82) is 0 Å². The largest absolute Gasteiger partial charge is 0.433 e. The number of pyridine rings is 1. The Morgan fingerprint density at radius 3 is 1.88 bits per heavy atom. The standard InChI is InChI=1S/C10H9F6N/c1-5(2)6-4-17-8(10(14,15)16)3-7(6)9(11,12)13/h3-5H,1-2H3. The molecule has 1 nitrogen and oxygen atoms in total. The smallest absolute Gasteiger partial charge is 0.251 e. The summed E-state index contributed by atoms with van der Waals surface area (Å²) in [6, 6.07) is 0.0509. The number of halogens is 6. The third-order valence-corrected chi connectivity index (χ3v) is 2.15. The molecule has 0 unspecified atom stereocenters. The zero-order valence-corrected chi connectivity index (χ0v) is 8.95. The van der Waals surface area contributed by atoms with Crippen molar-refractivity contribution >= 4 is 0 Å². The minimum absolute atomic E-state index is 0.0509. The van der Waals surface area contributed by atoms with Crippen molar-refractivity contribution in [3.8, 4) is 0 Å². The van der Waals surface area contributed by atoms with Gasteiger partial charge in [-0.05, 0) is 17.5 Å². The van der Waals surface area contributed by atoms with E-state index in [4.69, 9.17) is 0 Å². The second-order valence-electron chi connectivity index (χ2n) is 3.81. The summed E-state index contributed by atoms with van der Waals surface area (Å²) in [5, 5.41) is 0. The summed E-state index contributed by atoms with van der Waals surface area (Å²) in [5.41, 5.74) is -3.06. The van der Waals surface area contributed by atoms with Crippen LogP contribution in [0.15, 0.2) is 12.3 Å². The average Bonchev–Trinajstić information content (AvgIpc) is 2.14. The molecule has 96 valence electrons. The Bertz CT molecular complexity index is 404. The van der Waals surface area contributed by atoms with E-state index in [9.17, 15) is 26.3 Å².